The van der Waals surface area contributed by atoms with E-state index >= 15 is 0 Å². The van der Waals surface area contributed by atoms with Gasteiger partial charge in [0.2, 0.25) is 0 Å². The predicted octanol–water partition coefficient (Wildman–Crippen LogP) is 5.09. The van der Waals surface area contributed by atoms with Gasteiger partial charge in [-0.3, -0.25) is 9.35 Å². The molecule has 0 amide bonds. The van der Waals surface area contributed by atoms with Gasteiger partial charge in [0.05, 0.1) is 19.1 Å². The van der Waals surface area contributed by atoms with Crippen LogP contribution < -0.4 is 0 Å². The van der Waals surface area contributed by atoms with Gasteiger partial charge in [0.1, 0.15) is 0 Å². The van der Waals surface area contributed by atoms with E-state index in [4.69, 9.17) is 9.29 Å². The molecule has 0 aromatic rings. The second-order valence-electron chi connectivity index (χ2n) is 6.64. The number of halogens is 6. The van der Waals surface area contributed by atoms with E-state index in [1.165, 1.54) is 0 Å². The lowest BCUT2D eigenvalue weighted by atomic mass is 10.1. The number of ether oxygens (including phenoxy) is 1. The third-order valence-corrected chi connectivity index (χ3v) is 4.76. The van der Waals surface area contributed by atoms with Crippen LogP contribution in [0.2, 0.25) is 0 Å². The number of rotatable bonds is 14. The Morgan fingerprint density at radius 2 is 1.35 bits per heavy atom. The summed E-state index contributed by atoms with van der Waals surface area (Å²) in [6.07, 6.45) is -8.28. The summed E-state index contributed by atoms with van der Waals surface area (Å²) < 4.78 is 111. The van der Waals surface area contributed by atoms with Crippen LogP contribution in [0.3, 0.4) is 0 Å². The van der Waals surface area contributed by atoms with Crippen molar-refractivity contribution in [1.82, 2.24) is 0 Å². The van der Waals surface area contributed by atoms with Crippen molar-refractivity contribution in [1.29, 1.82) is 0 Å². The lowest BCUT2D eigenvalue weighted by Gasteiger charge is -2.17. The number of hydrogen-bond donors (Lipinski definition) is 1. The molecule has 0 radical (unpaired) electrons. The Morgan fingerprint density at radius 1 is 0.903 bits per heavy atom. The molecule has 7 nitrogen and oxygen atoms in total. The molecule has 0 aliphatic heterocycles. The summed E-state index contributed by atoms with van der Waals surface area (Å²) in [6.45, 7) is 3.40. The molecule has 0 saturated heterocycles. The van der Waals surface area contributed by atoms with E-state index in [2.05, 4.69) is 9.78 Å². The molecule has 1 unspecified atom stereocenters. The number of allylic oxidation sites excluding steroid dienone is 1. The van der Waals surface area contributed by atoms with Gasteiger partial charge in [-0.1, -0.05) is 39.5 Å². The molecule has 0 heterocycles. The first-order valence-corrected chi connectivity index (χ1v) is 10.9. The minimum Gasteiger partial charge on any atom is -0.465 e. The number of hydrogen-bond acceptors (Lipinski definition) is 6. The normalized spacial score (nSPS) is 13.6. The fraction of sp³-hybridized carbons (Fsp3) is 0.824. The molecular formula is C17H26F6O7S. The maximum absolute atomic E-state index is 12.6. The van der Waals surface area contributed by atoms with Gasteiger partial charge in [-0.05, 0) is 19.3 Å². The Kier molecular flexibility index (Phi) is 12.5. The summed E-state index contributed by atoms with van der Waals surface area (Å²) >= 11 is 0. The standard InChI is InChI=1S/C17H26F6O7S/c1-3-12(2)14(24)28-10-8-6-4-5-7-9-11-29-30-15(31(25,26)27)13(16(18,19)20)17(21,22)23/h12H,3-11H2,1-2H3,(H,25,26,27). The Bertz CT molecular complexity index is 670. The van der Waals surface area contributed by atoms with Gasteiger partial charge in [-0.15, -0.1) is 0 Å². The first-order valence-electron chi connectivity index (χ1n) is 9.44. The summed E-state index contributed by atoms with van der Waals surface area (Å²) in [7, 11) is -6.00. The first-order chi connectivity index (χ1) is 14.1. The molecule has 184 valence electrons. The van der Waals surface area contributed by atoms with Crippen molar-refractivity contribution in [2.45, 2.75) is 71.1 Å². The SMILES string of the molecule is CCC(C)C(=O)OCCCCCCCCOOC(=C(C(F)(F)F)C(F)(F)F)S(=O)(=O)O. The summed E-state index contributed by atoms with van der Waals surface area (Å²) in [5.74, 6) is -0.432. The Morgan fingerprint density at radius 3 is 1.77 bits per heavy atom. The molecule has 1 N–H and O–H groups in total. The van der Waals surface area contributed by atoms with E-state index in [1.807, 2.05) is 6.92 Å². The smallest absolute Gasteiger partial charge is 0.425 e. The van der Waals surface area contributed by atoms with Crippen molar-refractivity contribution >= 4 is 16.1 Å². The number of esters is 1. The Labute approximate surface area is 176 Å². The average Bonchev–Trinajstić information content (AvgIpc) is 2.60. The minimum absolute atomic E-state index is 0.148. The molecule has 0 rings (SSSR count). The predicted molar refractivity (Wildman–Crippen MR) is 95.8 cm³/mol. The zero-order valence-electron chi connectivity index (χ0n) is 17.0. The minimum atomic E-state index is -6.16. The Hall–Kier alpha value is -1.54. The zero-order valence-corrected chi connectivity index (χ0v) is 17.8. The van der Waals surface area contributed by atoms with Crippen LogP contribution in [0.4, 0.5) is 26.3 Å². The van der Waals surface area contributed by atoms with Crippen LogP contribution in [-0.4, -0.2) is 44.5 Å². The van der Waals surface area contributed by atoms with Crippen LogP contribution in [0.5, 0.6) is 0 Å². The fourth-order valence-electron chi connectivity index (χ4n) is 2.15. The van der Waals surface area contributed by atoms with Crippen LogP contribution in [0, 0.1) is 5.92 Å². The molecule has 0 aromatic heterocycles. The van der Waals surface area contributed by atoms with Crippen molar-refractivity contribution in [2.24, 2.45) is 5.92 Å². The number of carbonyl (C=O) groups is 1. The van der Waals surface area contributed by atoms with Gasteiger partial charge < -0.3 is 9.62 Å². The molecule has 0 aromatic carbocycles. The van der Waals surface area contributed by atoms with Crippen molar-refractivity contribution in [3.05, 3.63) is 10.7 Å². The maximum Gasteiger partial charge on any atom is 0.425 e. The van der Waals surface area contributed by atoms with Crippen LogP contribution in [-0.2, 0) is 29.4 Å². The molecule has 14 heteroatoms. The van der Waals surface area contributed by atoms with Crippen molar-refractivity contribution in [3.8, 4) is 0 Å². The lowest BCUT2D eigenvalue weighted by Crippen LogP contribution is -2.31. The monoisotopic (exact) mass is 488 g/mol. The van der Waals surface area contributed by atoms with Gasteiger partial charge >= 0.3 is 28.4 Å². The second-order valence-corrected chi connectivity index (χ2v) is 7.96. The van der Waals surface area contributed by atoms with E-state index in [0.717, 1.165) is 12.8 Å². The van der Waals surface area contributed by atoms with E-state index in [1.54, 1.807) is 6.92 Å². The van der Waals surface area contributed by atoms with E-state index < -0.39 is 39.7 Å². The molecule has 31 heavy (non-hydrogen) atoms. The van der Waals surface area contributed by atoms with Gasteiger partial charge in [0.25, 0.3) is 5.09 Å². The molecule has 0 fully saturated rings. The molecular weight excluding hydrogens is 462 g/mol. The number of unbranched alkanes of at least 4 members (excludes halogenated alkanes) is 5. The first kappa shape index (κ1) is 29.5. The molecule has 0 spiro atoms. The quantitative estimate of drug-likeness (QED) is 0.0692. The van der Waals surface area contributed by atoms with Crippen LogP contribution in [0.15, 0.2) is 10.7 Å². The van der Waals surface area contributed by atoms with Crippen LogP contribution >= 0.6 is 0 Å². The molecule has 1 atom stereocenters. The molecule has 0 aliphatic rings. The van der Waals surface area contributed by atoms with Gasteiger partial charge in [0.15, 0.2) is 5.57 Å². The highest BCUT2D eigenvalue weighted by atomic mass is 32.2. The topological polar surface area (TPSA) is 99.1 Å². The largest absolute Gasteiger partial charge is 0.465 e. The zero-order chi connectivity index (χ0) is 24.3. The number of carbonyl (C=O) groups excluding carboxylic acids is 1. The van der Waals surface area contributed by atoms with E-state index in [-0.39, 0.29) is 24.9 Å². The maximum atomic E-state index is 12.6. The van der Waals surface area contributed by atoms with Gasteiger partial charge in [-0.25, -0.2) is 0 Å². The summed E-state index contributed by atoms with van der Waals surface area (Å²) in [5.41, 5.74) is -3.53. The summed E-state index contributed by atoms with van der Waals surface area (Å²) in [5, 5.41) is -2.76. The van der Waals surface area contributed by atoms with Gasteiger partial charge in [-0.2, -0.15) is 39.6 Å². The van der Waals surface area contributed by atoms with E-state index in [9.17, 15) is 39.6 Å². The highest BCUT2D eigenvalue weighted by Crippen LogP contribution is 2.42. The lowest BCUT2D eigenvalue weighted by molar-refractivity contribution is -0.263. The van der Waals surface area contributed by atoms with Gasteiger partial charge in [0, 0.05) is 0 Å². The van der Waals surface area contributed by atoms with E-state index in [0.29, 0.717) is 25.7 Å². The van der Waals surface area contributed by atoms with Crippen LogP contribution in [0.25, 0.3) is 0 Å². The average molecular weight is 488 g/mol. The third kappa shape index (κ3) is 12.2. The van der Waals surface area contributed by atoms with Crippen molar-refractivity contribution < 1.29 is 58.6 Å². The fourth-order valence-corrected chi connectivity index (χ4v) is 2.78. The van der Waals surface area contributed by atoms with Crippen molar-refractivity contribution in [2.75, 3.05) is 13.2 Å². The van der Waals surface area contributed by atoms with Crippen LogP contribution in [0.1, 0.15) is 58.8 Å². The third-order valence-electron chi connectivity index (χ3n) is 4.02. The molecule has 0 saturated carbocycles. The highest BCUT2D eigenvalue weighted by molar-refractivity contribution is 7.89. The highest BCUT2D eigenvalue weighted by Gasteiger charge is 2.57. The summed E-state index contributed by atoms with van der Waals surface area (Å²) in [4.78, 5) is 19.3. The molecule has 0 aliphatic carbocycles. The Balaban J connectivity index is 4.33. The number of alkyl halides is 6. The summed E-state index contributed by atoms with van der Waals surface area (Å²) in [6, 6.07) is 0. The second kappa shape index (κ2) is 13.1. The van der Waals surface area contributed by atoms with Crippen molar-refractivity contribution in [3.63, 3.8) is 0 Å². The molecule has 0 bridgehead atoms.